The highest BCUT2D eigenvalue weighted by Crippen LogP contribution is 2.53. The van der Waals surface area contributed by atoms with Crippen LogP contribution in [-0.4, -0.2) is 132 Å². The maximum absolute atomic E-state index is 13.9. The summed E-state index contributed by atoms with van der Waals surface area (Å²) in [7, 11) is -8.99. The number of benzene rings is 4. The third-order valence-corrected chi connectivity index (χ3v) is 17.6. The number of fused-ring (bicyclic) bond motifs is 6. The molecule has 0 saturated carbocycles. The Labute approximate surface area is 514 Å². The number of rotatable bonds is 28. The number of carbonyl (C=O) groups excluding carboxylic acids is 4. The summed E-state index contributed by atoms with van der Waals surface area (Å²) in [5.41, 5.74) is 6.42. The molecule has 0 bridgehead atoms. The molecule has 22 heteroatoms. The number of unbranched alkanes of at least 4 members (excludes halogenated alkanes) is 4. The van der Waals surface area contributed by atoms with E-state index in [-0.39, 0.29) is 48.7 Å². The molecule has 0 atom stereocenters. The second-order valence-electron chi connectivity index (χ2n) is 23.3. The Bertz CT molecular complexity index is 4040. The van der Waals surface area contributed by atoms with Crippen molar-refractivity contribution in [2.45, 2.75) is 117 Å². The van der Waals surface area contributed by atoms with Gasteiger partial charge in [0.05, 0.1) is 32.4 Å². The first kappa shape index (κ1) is 65.8. The Morgan fingerprint density at radius 2 is 1.12 bits per heavy atom. The monoisotopic (exact) mass is 1240 g/mol. The minimum atomic E-state index is -4.57. The van der Waals surface area contributed by atoms with Crippen LogP contribution in [0.25, 0.3) is 43.8 Å². The van der Waals surface area contributed by atoms with E-state index >= 15 is 0 Å². The summed E-state index contributed by atoms with van der Waals surface area (Å²) in [6, 6.07) is 26.3. The molecule has 4 amide bonds. The van der Waals surface area contributed by atoms with Crippen LogP contribution in [0.5, 0.6) is 0 Å². The number of carboxylic acid groups (broad SMARTS) is 1. The van der Waals surface area contributed by atoms with E-state index in [9.17, 15) is 49.9 Å². The highest BCUT2D eigenvalue weighted by atomic mass is 32.2. The lowest BCUT2D eigenvalue weighted by Crippen LogP contribution is -2.31. The molecule has 0 radical (unpaired) electrons. The molecular weight excluding hydrogens is 1160 g/mol. The van der Waals surface area contributed by atoms with Gasteiger partial charge in [-0.25, -0.2) is 18.4 Å². The normalized spacial score (nSPS) is 14.8. The zero-order valence-corrected chi connectivity index (χ0v) is 52.6. The van der Waals surface area contributed by atoms with E-state index < -0.39 is 78.7 Å². The Morgan fingerprint density at radius 1 is 0.614 bits per heavy atom. The highest BCUT2D eigenvalue weighted by molar-refractivity contribution is 7.86. The van der Waals surface area contributed by atoms with Crippen LogP contribution in [0.2, 0.25) is 0 Å². The van der Waals surface area contributed by atoms with Gasteiger partial charge in [0, 0.05) is 79.5 Å². The van der Waals surface area contributed by atoms with Gasteiger partial charge in [-0.2, -0.15) is 13.0 Å². The van der Waals surface area contributed by atoms with Crippen molar-refractivity contribution >= 4 is 88.5 Å². The lowest BCUT2D eigenvalue weighted by molar-refractivity contribution is -0.435. The van der Waals surface area contributed by atoms with Gasteiger partial charge in [0.25, 0.3) is 33.7 Å². The van der Waals surface area contributed by atoms with Crippen LogP contribution in [0.4, 0.5) is 11.4 Å². The first-order valence-electron chi connectivity index (χ1n) is 30.0. The molecule has 0 aliphatic carbocycles. The number of nitrogens with zero attached hydrogens (tertiary/aromatic N) is 4. The second-order valence-corrected chi connectivity index (χ2v) is 26.4. The van der Waals surface area contributed by atoms with Crippen molar-refractivity contribution in [2.75, 3.05) is 55.7 Å². The van der Waals surface area contributed by atoms with Crippen molar-refractivity contribution < 1.29 is 59.6 Å². The number of aliphatic carboxylic acids is 1. The maximum Gasteiger partial charge on any atom is 0.303 e. The predicted molar refractivity (Wildman–Crippen MR) is 341 cm³/mol. The molecule has 0 saturated heterocycles. The third-order valence-electron chi connectivity index (χ3n) is 16.1. The van der Waals surface area contributed by atoms with Crippen LogP contribution >= 0.6 is 0 Å². The van der Waals surface area contributed by atoms with Crippen LogP contribution in [0, 0.1) is 0 Å². The first-order chi connectivity index (χ1) is 41.8. The summed E-state index contributed by atoms with van der Waals surface area (Å²) in [5.74, 6) is -4.41. The fourth-order valence-electron chi connectivity index (χ4n) is 11.8. The number of allylic oxidation sites excluding steroid dienone is 4. The van der Waals surface area contributed by atoms with Crippen molar-refractivity contribution in [1.29, 1.82) is 0 Å². The van der Waals surface area contributed by atoms with Crippen LogP contribution in [-0.2, 0) is 35.9 Å². The number of carboxylic acids is 1. The van der Waals surface area contributed by atoms with Gasteiger partial charge < -0.3 is 35.8 Å². The molecule has 8 rings (SSSR count). The van der Waals surface area contributed by atoms with Crippen LogP contribution in [0.1, 0.15) is 159 Å². The van der Waals surface area contributed by atoms with E-state index in [1.807, 2.05) is 60.7 Å². The number of anilines is 1. The van der Waals surface area contributed by atoms with Crippen molar-refractivity contribution in [3.8, 4) is 22.3 Å². The summed E-state index contributed by atoms with van der Waals surface area (Å²) in [6.07, 6.45) is 11.1. The molecule has 2 aromatic heterocycles. The molecule has 6 N–H and O–H groups in total. The van der Waals surface area contributed by atoms with Gasteiger partial charge >= 0.3 is 5.97 Å². The van der Waals surface area contributed by atoms with Crippen LogP contribution in [0.15, 0.2) is 109 Å². The Morgan fingerprint density at radius 3 is 1.65 bits per heavy atom. The number of pyridine rings is 2. The number of amides is 4. The van der Waals surface area contributed by atoms with Gasteiger partial charge in [-0.05, 0) is 134 Å². The van der Waals surface area contributed by atoms with Crippen LogP contribution < -0.4 is 26.2 Å². The molecule has 0 spiro atoms. The lowest BCUT2D eigenvalue weighted by atomic mass is 9.79. The van der Waals surface area contributed by atoms with E-state index in [1.165, 1.54) is 0 Å². The fraction of sp³-hybridized carbons (Fsp3) is 0.394. The summed E-state index contributed by atoms with van der Waals surface area (Å²) in [6.45, 7) is 15.8. The molecule has 466 valence electrons. The van der Waals surface area contributed by atoms with Gasteiger partial charge in [-0.15, -0.1) is 0 Å². The Balaban J connectivity index is 1.24. The number of carbonyl (C=O) groups is 5. The zero-order valence-electron chi connectivity index (χ0n) is 50.9. The lowest BCUT2D eigenvalue weighted by Gasteiger charge is -2.27. The predicted octanol–water partition coefficient (Wildman–Crippen LogP) is 9.74. The SMILES string of the molecule is CCCCCNC(=O)c1cc(-c2cc3c(c4ccccc24)[N+](CCCS(=O)(=O)[O-])=C(/C=C/C=C2/N(CCC)c4c(cc(-c5cc(C(=O)NCCCCCC(=O)O)nc(C(=O)NCCS(=O)(=O)O)c5)c5ccccc45)C2(C)C)C3(C)C)cc(C(=O)NCC)n1. The van der Waals surface area contributed by atoms with Gasteiger partial charge in [-0.1, -0.05) is 95.5 Å². The molecule has 0 fully saturated rings. The molecule has 88 heavy (non-hydrogen) atoms. The zero-order chi connectivity index (χ0) is 63.7. The van der Waals surface area contributed by atoms with Gasteiger partial charge in [0.2, 0.25) is 5.69 Å². The molecule has 6 aromatic rings. The Kier molecular flexibility index (Phi) is 20.9. The van der Waals surface area contributed by atoms with Crippen LogP contribution in [0.3, 0.4) is 0 Å². The Hall–Kier alpha value is -8.18. The summed E-state index contributed by atoms with van der Waals surface area (Å²) < 4.78 is 71.2. The molecule has 20 nitrogen and oxygen atoms in total. The van der Waals surface area contributed by atoms with Crippen molar-refractivity contribution in [2.24, 2.45) is 0 Å². The van der Waals surface area contributed by atoms with Crippen molar-refractivity contribution in [3.05, 3.63) is 143 Å². The summed E-state index contributed by atoms with van der Waals surface area (Å²) >= 11 is 0. The summed E-state index contributed by atoms with van der Waals surface area (Å²) in [4.78, 5) is 77.2. The van der Waals surface area contributed by atoms with E-state index in [0.717, 1.165) is 86.7 Å². The maximum atomic E-state index is 13.9. The quantitative estimate of drug-likeness (QED) is 0.0151. The van der Waals surface area contributed by atoms with Gasteiger partial charge in [0.1, 0.15) is 29.3 Å². The molecular formula is C66H78N8O12S2. The number of nitrogens with one attached hydrogen (secondary N) is 4. The molecule has 0 unspecified atom stereocenters. The van der Waals surface area contributed by atoms with E-state index in [4.69, 9.17) is 5.11 Å². The van der Waals surface area contributed by atoms with E-state index in [0.29, 0.717) is 55.6 Å². The standard InChI is InChI=1S/C66H78N8O12S2/c1-8-11-18-29-68-62(78)53-37-42(36-52(71-53)61(77)67-10-3)49-41-51-60(47-25-17-15-23-45(47)49)74(33-21-34-87(81,82)83)57(66(51,6)7)27-20-26-56-65(4,5)50-40-48(44-22-14-16-24-46(44)59(50)73(56)32-9-2)43-38-54(63(79)69-30-19-12-13-28-58(75)76)72-55(39-43)64(80)70-31-35-88(84,85)86/h14-17,20,22-27,36-41H,8-13,18-19,21,28-35H2,1-7H3,(H6-,67,68,69,70,75,76,77,78,79,80,81,82,83,84,85,86). The molecule has 4 heterocycles. The van der Waals surface area contributed by atoms with Gasteiger partial charge in [0.15, 0.2) is 5.71 Å². The summed E-state index contributed by atoms with van der Waals surface area (Å²) in [5, 5.41) is 23.5. The average Bonchev–Trinajstić information content (AvgIpc) is 1.55. The van der Waals surface area contributed by atoms with E-state index in [1.54, 1.807) is 31.2 Å². The number of hydrogen-bond acceptors (Lipinski definition) is 13. The highest BCUT2D eigenvalue weighted by Gasteiger charge is 2.47. The van der Waals surface area contributed by atoms with Gasteiger partial charge in [-0.3, -0.25) is 28.5 Å². The molecule has 2 aliphatic rings. The number of hydrogen-bond donors (Lipinski definition) is 6. The van der Waals surface area contributed by atoms with E-state index in [2.05, 4.69) is 100 Å². The van der Waals surface area contributed by atoms with Crippen molar-refractivity contribution in [3.63, 3.8) is 0 Å². The third kappa shape index (κ3) is 15.0. The average molecular weight is 1240 g/mol. The minimum absolute atomic E-state index is 0.00138. The molecule has 4 aromatic carbocycles. The topological polar surface area (TPSA) is 297 Å². The largest absolute Gasteiger partial charge is 0.748 e. The minimum Gasteiger partial charge on any atom is -0.748 e. The van der Waals surface area contributed by atoms with Crippen molar-refractivity contribution in [1.82, 2.24) is 31.2 Å². The number of aromatic nitrogens is 2. The smallest absolute Gasteiger partial charge is 0.303 e. The fourth-order valence-corrected chi connectivity index (χ4v) is 12.7. The molecule has 2 aliphatic heterocycles. The second kappa shape index (κ2) is 27.9. The first-order valence-corrected chi connectivity index (χ1v) is 33.2.